The largest absolute Gasteiger partial charge is 0.377 e. The van der Waals surface area contributed by atoms with E-state index in [2.05, 4.69) is 44.8 Å². The predicted octanol–water partition coefficient (Wildman–Crippen LogP) is 3.41. The summed E-state index contributed by atoms with van der Waals surface area (Å²) in [6, 6.07) is 10.3. The molecule has 0 amide bonds. The molecule has 0 atom stereocenters. The molecule has 0 saturated carbocycles. The van der Waals surface area contributed by atoms with Crippen LogP contribution in [0.25, 0.3) is 0 Å². The summed E-state index contributed by atoms with van der Waals surface area (Å²) in [4.78, 5) is 6.92. The maximum atomic E-state index is 5.72. The topological polar surface area (TPSA) is 48.9 Å². The van der Waals surface area contributed by atoms with Crippen LogP contribution in [0.4, 0.5) is 0 Å². The van der Waals surface area contributed by atoms with Gasteiger partial charge >= 0.3 is 0 Å². The Bertz CT molecular complexity index is 498. The Morgan fingerprint density at radius 1 is 0.963 bits per heavy atom. The summed E-state index contributed by atoms with van der Waals surface area (Å²) in [6.45, 7) is 7.17. The molecule has 0 aromatic heterocycles. The Kier molecular flexibility index (Phi) is 11.6. The maximum Gasteiger partial charge on any atom is 0.190 e. The molecule has 2 N–H and O–H groups in total. The molecule has 1 aromatic carbocycles. The molecular formula is C22H38N4O. The lowest BCUT2D eigenvalue weighted by molar-refractivity contribution is 0.117. The van der Waals surface area contributed by atoms with Crippen LogP contribution >= 0.6 is 0 Å². The monoisotopic (exact) mass is 374 g/mol. The number of hydrogen-bond acceptors (Lipinski definition) is 3. The fraction of sp³-hybridized carbons (Fsp3) is 0.682. The Labute approximate surface area is 165 Å². The Hall–Kier alpha value is -1.59. The Morgan fingerprint density at radius 2 is 1.67 bits per heavy atom. The molecule has 2 rings (SSSR count). The summed E-state index contributed by atoms with van der Waals surface area (Å²) >= 11 is 0. The zero-order chi connectivity index (χ0) is 19.0. The second-order valence-electron chi connectivity index (χ2n) is 7.28. The lowest BCUT2D eigenvalue weighted by atomic mass is 10.2. The number of rotatable bonds is 11. The van der Waals surface area contributed by atoms with E-state index in [1.807, 2.05) is 13.1 Å². The van der Waals surface area contributed by atoms with Crippen LogP contribution in [-0.2, 0) is 11.3 Å². The van der Waals surface area contributed by atoms with E-state index in [9.17, 15) is 0 Å². The molecule has 1 heterocycles. The van der Waals surface area contributed by atoms with Crippen LogP contribution in [0.3, 0.4) is 0 Å². The lowest BCUT2D eigenvalue weighted by Crippen LogP contribution is -2.39. The van der Waals surface area contributed by atoms with E-state index in [0.717, 1.165) is 38.5 Å². The van der Waals surface area contributed by atoms with Crippen molar-refractivity contribution in [3.63, 3.8) is 0 Å². The third-order valence-corrected chi connectivity index (χ3v) is 4.99. The molecule has 152 valence electrons. The van der Waals surface area contributed by atoms with Crippen LogP contribution in [0.15, 0.2) is 35.3 Å². The first kappa shape index (κ1) is 21.7. The standard InChI is InChI=1S/C22H38N4O/c1-23-22(25-15-11-18-26-16-8-2-3-9-17-26)24-14-7-10-19-27-20-21-12-5-4-6-13-21/h4-6,12-13H,2-3,7-11,14-20H2,1H3,(H2,23,24,25). The molecular weight excluding hydrogens is 336 g/mol. The molecule has 0 radical (unpaired) electrons. The molecule has 5 heteroatoms. The first-order valence-electron chi connectivity index (χ1n) is 10.7. The Balaban J connectivity index is 1.43. The summed E-state index contributed by atoms with van der Waals surface area (Å²) in [5.74, 6) is 0.913. The second kappa shape index (κ2) is 14.5. The molecule has 1 aliphatic heterocycles. The van der Waals surface area contributed by atoms with Crippen molar-refractivity contribution in [2.45, 2.75) is 51.6 Å². The molecule has 1 aliphatic rings. The summed E-state index contributed by atoms with van der Waals surface area (Å²) in [6.07, 6.45) is 8.87. The second-order valence-corrected chi connectivity index (χ2v) is 7.28. The summed E-state index contributed by atoms with van der Waals surface area (Å²) in [7, 11) is 1.84. The molecule has 5 nitrogen and oxygen atoms in total. The fourth-order valence-corrected chi connectivity index (χ4v) is 3.39. The van der Waals surface area contributed by atoms with Crippen LogP contribution in [0.1, 0.15) is 50.5 Å². The number of aliphatic imine (C=N–C) groups is 1. The van der Waals surface area contributed by atoms with Gasteiger partial charge in [-0.2, -0.15) is 0 Å². The number of hydrogen-bond donors (Lipinski definition) is 2. The van der Waals surface area contributed by atoms with Gasteiger partial charge in [0.25, 0.3) is 0 Å². The van der Waals surface area contributed by atoms with Crippen LogP contribution in [0.5, 0.6) is 0 Å². The van der Waals surface area contributed by atoms with Crippen molar-refractivity contribution in [1.29, 1.82) is 0 Å². The van der Waals surface area contributed by atoms with Crippen LogP contribution in [0.2, 0.25) is 0 Å². The van der Waals surface area contributed by atoms with Crippen molar-refractivity contribution in [3.05, 3.63) is 35.9 Å². The molecule has 1 saturated heterocycles. The maximum absolute atomic E-state index is 5.72. The highest BCUT2D eigenvalue weighted by molar-refractivity contribution is 5.79. The molecule has 0 bridgehead atoms. The molecule has 27 heavy (non-hydrogen) atoms. The SMILES string of the molecule is CN=C(NCCCCOCc1ccccc1)NCCCN1CCCCCC1. The average molecular weight is 375 g/mol. The van der Waals surface area contributed by atoms with E-state index < -0.39 is 0 Å². The number of ether oxygens (including phenoxy) is 1. The van der Waals surface area contributed by atoms with Gasteiger partial charge in [-0.3, -0.25) is 4.99 Å². The predicted molar refractivity (Wildman–Crippen MR) is 114 cm³/mol. The minimum atomic E-state index is 0.703. The minimum absolute atomic E-state index is 0.703. The lowest BCUT2D eigenvalue weighted by Gasteiger charge is -2.20. The van der Waals surface area contributed by atoms with E-state index in [1.54, 1.807) is 0 Å². The van der Waals surface area contributed by atoms with Gasteiger partial charge < -0.3 is 20.3 Å². The first-order valence-corrected chi connectivity index (χ1v) is 10.7. The first-order chi connectivity index (χ1) is 13.4. The average Bonchev–Trinajstić information content (AvgIpc) is 2.98. The van der Waals surface area contributed by atoms with Crippen molar-refractivity contribution in [2.24, 2.45) is 4.99 Å². The van der Waals surface area contributed by atoms with Crippen molar-refractivity contribution in [2.75, 3.05) is 46.4 Å². The van der Waals surface area contributed by atoms with Crippen molar-refractivity contribution >= 4 is 5.96 Å². The summed E-state index contributed by atoms with van der Waals surface area (Å²) < 4.78 is 5.72. The normalized spacial score (nSPS) is 16.1. The van der Waals surface area contributed by atoms with Gasteiger partial charge in [-0.25, -0.2) is 0 Å². The number of unbranched alkanes of at least 4 members (excludes halogenated alkanes) is 1. The smallest absolute Gasteiger partial charge is 0.190 e. The van der Waals surface area contributed by atoms with E-state index in [4.69, 9.17) is 4.74 Å². The number of nitrogens with zero attached hydrogens (tertiary/aromatic N) is 2. The van der Waals surface area contributed by atoms with Crippen molar-refractivity contribution in [3.8, 4) is 0 Å². The van der Waals surface area contributed by atoms with Crippen LogP contribution < -0.4 is 10.6 Å². The van der Waals surface area contributed by atoms with Crippen molar-refractivity contribution in [1.82, 2.24) is 15.5 Å². The minimum Gasteiger partial charge on any atom is -0.377 e. The van der Waals surface area contributed by atoms with Gasteiger partial charge in [0.15, 0.2) is 5.96 Å². The highest BCUT2D eigenvalue weighted by Gasteiger charge is 2.08. The van der Waals surface area contributed by atoms with Crippen molar-refractivity contribution < 1.29 is 4.74 Å². The van der Waals surface area contributed by atoms with E-state index in [1.165, 1.54) is 57.3 Å². The number of benzene rings is 1. The summed E-state index contributed by atoms with van der Waals surface area (Å²) in [5.41, 5.74) is 1.24. The zero-order valence-corrected chi connectivity index (χ0v) is 17.1. The van der Waals surface area contributed by atoms with E-state index in [-0.39, 0.29) is 0 Å². The van der Waals surface area contributed by atoms with Gasteiger partial charge in [0, 0.05) is 26.7 Å². The summed E-state index contributed by atoms with van der Waals surface area (Å²) in [5, 5.41) is 6.83. The number of nitrogens with one attached hydrogen (secondary N) is 2. The van der Waals surface area contributed by atoms with Gasteiger partial charge in [-0.15, -0.1) is 0 Å². The van der Waals surface area contributed by atoms with Crippen LogP contribution in [-0.4, -0.2) is 57.2 Å². The van der Waals surface area contributed by atoms with Gasteiger partial charge in [0.1, 0.15) is 0 Å². The van der Waals surface area contributed by atoms with Gasteiger partial charge in [0.05, 0.1) is 6.61 Å². The fourth-order valence-electron chi connectivity index (χ4n) is 3.39. The van der Waals surface area contributed by atoms with Gasteiger partial charge in [-0.1, -0.05) is 43.2 Å². The third-order valence-electron chi connectivity index (χ3n) is 4.99. The molecule has 1 fully saturated rings. The van der Waals surface area contributed by atoms with Gasteiger partial charge in [0.2, 0.25) is 0 Å². The zero-order valence-electron chi connectivity index (χ0n) is 17.1. The molecule has 1 aromatic rings. The molecule has 0 unspecified atom stereocenters. The highest BCUT2D eigenvalue weighted by atomic mass is 16.5. The number of guanidine groups is 1. The third kappa shape index (κ3) is 10.4. The van der Waals surface area contributed by atoms with Crippen LogP contribution in [0, 0.1) is 0 Å². The van der Waals surface area contributed by atoms with E-state index >= 15 is 0 Å². The highest BCUT2D eigenvalue weighted by Crippen LogP contribution is 2.09. The number of likely N-dealkylation sites (tertiary alicyclic amines) is 1. The molecule has 0 aliphatic carbocycles. The Morgan fingerprint density at radius 3 is 2.37 bits per heavy atom. The van der Waals surface area contributed by atoms with Gasteiger partial charge in [-0.05, 0) is 57.3 Å². The quantitative estimate of drug-likeness (QED) is 0.354. The molecule has 0 spiro atoms. The van der Waals surface area contributed by atoms with E-state index in [0.29, 0.717) is 6.61 Å².